The summed E-state index contributed by atoms with van der Waals surface area (Å²) >= 11 is 0. The molecule has 0 heterocycles. The number of hydrogen-bond acceptors (Lipinski definition) is 17. The number of aliphatic hydroxyl groups is 17. The van der Waals surface area contributed by atoms with E-state index in [4.69, 9.17) is 86.8 Å². The van der Waals surface area contributed by atoms with Crippen LogP contribution in [0.4, 0.5) is 0 Å². The van der Waals surface area contributed by atoms with Crippen molar-refractivity contribution in [2.75, 3.05) is 46.2 Å². The quantitative estimate of drug-likeness (QED) is 0.105. The second-order valence-electron chi connectivity index (χ2n) is 7.01. The zero-order chi connectivity index (χ0) is 28.7. The third-order valence-corrected chi connectivity index (χ3v) is 3.71. The van der Waals surface area contributed by atoms with Crippen molar-refractivity contribution in [1.82, 2.24) is 0 Å². The Hall–Kier alpha value is -0.680. The van der Waals surface area contributed by atoms with Gasteiger partial charge in [0.1, 0.15) is 54.9 Å². The zero-order valence-electron chi connectivity index (χ0n) is 19.3. The summed E-state index contributed by atoms with van der Waals surface area (Å²) in [6.07, 6.45) is -14.3. The molecule has 0 aliphatic rings. The van der Waals surface area contributed by atoms with E-state index in [2.05, 4.69) is 0 Å². The molecule has 0 aliphatic heterocycles. The zero-order valence-corrected chi connectivity index (χ0v) is 19.3. The van der Waals surface area contributed by atoms with E-state index in [9.17, 15) is 0 Å². The maximum atomic E-state index is 8.96. The molecule has 0 saturated heterocycles. The van der Waals surface area contributed by atoms with E-state index in [0.717, 1.165) is 0 Å². The minimum atomic E-state index is -1.67. The first kappa shape index (κ1) is 41.4. The molecule has 0 saturated carbocycles. The first-order valence-corrected chi connectivity index (χ1v) is 10.2. The highest BCUT2D eigenvalue weighted by Crippen LogP contribution is 2.04. The van der Waals surface area contributed by atoms with Crippen LogP contribution in [-0.2, 0) is 0 Å². The summed E-state index contributed by atoms with van der Waals surface area (Å²) in [4.78, 5) is 0. The molecule has 9 atom stereocenters. The molecule has 0 spiro atoms. The lowest BCUT2D eigenvalue weighted by molar-refractivity contribution is -0.123. The average molecular weight is 533 g/mol. The summed E-state index contributed by atoms with van der Waals surface area (Å²) in [5, 5.41) is 144. The van der Waals surface area contributed by atoms with Gasteiger partial charge in [-0.1, -0.05) is 0 Å². The molecule has 0 aromatic carbocycles. The summed E-state index contributed by atoms with van der Waals surface area (Å²) < 4.78 is 0. The van der Waals surface area contributed by atoms with Crippen molar-refractivity contribution in [2.24, 2.45) is 0 Å². The summed E-state index contributed by atoms with van der Waals surface area (Å²) in [6.45, 7) is -2.24. The first-order valence-electron chi connectivity index (χ1n) is 10.2. The Morgan fingerprint density at radius 2 is 0.514 bits per heavy atom. The van der Waals surface area contributed by atoms with Crippen LogP contribution >= 0.6 is 0 Å². The van der Waals surface area contributed by atoms with Gasteiger partial charge in [-0.2, -0.15) is 0 Å². The van der Waals surface area contributed by atoms with Crippen molar-refractivity contribution in [3.8, 4) is 0 Å². The standard InChI is InChI=1S/2C6H14O6.C3H8O3.C3H8O2/c2*7-1-3(9)5(11)6(12)4(10)2-8;4-1-3(6)2-5;1-3(5)2-4/h2*3-12H,1-2H2;3-6H,1-2H2;3-5H,2H2,1H3. The van der Waals surface area contributed by atoms with Crippen LogP contribution in [0.1, 0.15) is 6.92 Å². The molecule has 0 aromatic rings. The van der Waals surface area contributed by atoms with E-state index in [1.807, 2.05) is 0 Å². The number of hydrogen-bond donors (Lipinski definition) is 17. The summed E-state index contributed by atoms with van der Waals surface area (Å²) in [7, 11) is 0. The Morgan fingerprint density at radius 1 is 0.343 bits per heavy atom. The monoisotopic (exact) mass is 532 g/mol. The van der Waals surface area contributed by atoms with Gasteiger partial charge in [0.15, 0.2) is 0 Å². The molecule has 0 fully saturated rings. The van der Waals surface area contributed by atoms with Crippen LogP contribution in [0.3, 0.4) is 0 Å². The lowest BCUT2D eigenvalue weighted by atomic mass is 10.0. The van der Waals surface area contributed by atoms with Gasteiger partial charge >= 0.3 is 0 Å². The van der Waals surface area contributed by atoms with Gasteiger partial charge in [0.2, 0.25) is 0 Å². The Labute approximate surface area is 201 Å². The Bertz CT molecular complexity index is 358. The molecule has 218 valence electrons. The van der Waals surface area contributed by atoms with Gasteiger partial charge in [-0.15, -0.1) is 0 Å². The van der Waals surface area contributed by atoms with Gasteiger partial charge in [0.25, 0.3) is 0 Å². The van der Waals surface area contributed by atoms with Crippen molar-refractivity contribution >= 4 is 0 Å². The van der Waals surface area contributed by atoms with Crippen molar-refractivity contribution < 1.29 is 86.8 Å². The third-order valence-electron chi connectivity index (χ3n) is 3.71. The van der Waals surface area contributed by atoms with Crippen molar-refractivity contribution in [3.05, 3.63) is 0 Å². The van der Waals surface area contributed by atoms with Crippen LogP contribution in [-0.4, -0.2) is 194 Å². The minimum Gasteiger partial charge on any atom is -0.394 e. The Kier molecular flexibility index (Phi) is 31.2. The molecule has 0 bridgehead atoms. The van der Waals surface area contributed by atoms with Gasteiger partial charge in [0, 0.05) is 0 Å². The molecule has 17 N–H and O–H groups in total. The average Bonchev–Trinajstić information content (AvgIpc) is 2.89. The molecule has 0 rings (SSSR count). The molecule has 17 nitrogen and oxygen atoms in total. The van der Waals surface area contributed by atoms with Crippen molar-refractivity contribution in [1.29, 1.82) is 0 Å². The lowest BCUT2D eigenvalue weighted by Gasteiger charge is -2.24. The summed E-state index contributed by atoms with van der Waals surface area (Å²) in [5.41, 5.74) is 0. The van der Waals surface area contributed by atoms with E-state index < -0.39 is 87.5 Å². The summed E-state index contributed by atoms with van der Waals surface area (Å²) in [6, 6.07) is 0. The normalized spacial score (nSPS) is 18.6. The highest BCUT2D eigenvalue weighted by molar-refractivity contribution is 4.80. The van der Waals surface area contributed by atoms with E-state index >= 15 is 0 Å². The molecule has 35 heavy (non-hydrogen) atoms. The number of rotatable bonds is 13. The smallest absolute Gasteiger partial charge is 0.111 e. The molecule has 0 aliphatic carbocycles. The van der Waals surface area contributed by atoms with Crippen LogP contribution in [0.2, 0.25) is 0 Å². The van der Waals surface area contributed by atoms with Crippen molar-refractivity contribution in [3.63, 3.8) is 0 Å². The lowest BCUT2D eigenvalue weighted by Crippen LogP contribution is -2.46. The molecular weight excluding hydrogens is 488 g/mol. The molecule has 0 amide bonds. The fourth-order valence-electron chi connectivity index (χ4n) is 1.40. The second kappa shape index (κ2) is 26.4. The Morgan fingerprint density at radius 3 is 0.571 bits per heavy atom. The predicted octanol–water partition coefficient (Wildman–Crippen LogP) is -9.48. The topological polar surface area (TPSA) is 344 Å². The van der Waals surface area contributed by atoms with Crippen molar-refractivity contribution in [2.45, 2.75) is 68.0 Å². The molecular formula is C18H44O17. The largest absolute Gasteiger partial charge is 0.394 e. The summed E-state index contributed by atoms with van der Waals surface area (Å²) in [5.74, 6) is 0. The van der Waals surface area contributed by atoms with E-state index in [1.165, 1.54) is 6.92 Å². The molecule has 17 heteroatoms. The fourth-order valence-corrected chi connectivity index (χ4v) is 1.40. The SMILES string of the molecule is CC(O)CO.OCC(O)C(O)C(O)C(O)CO.OCC(O)C(O)C(O)C(O)CO.OCC(O)CO. The molecule has 9 unspecified atom stereocenters. The van der Waals surface area contributed by atoms with Gasteiger partial charge in [-0.3, -0.25) is 0 Å². The molecule has 0 aromatic heterocycles. The van der Waals surface area contributed by atoms with Gasteiger partial charge < -0.3 is 86.8 Å². The van der Waals surface area contributed by atoms with E-state index in [0.29, 0.717) is 0 Å². The van der Waals surface area contributed by atoms with Gasteiger partial charge in [-0.25, -0.2) is 0 Å². The van der Waals surface area contributed by atoms with Gasteiger partial charge in [-0.05, 0) is 6.92 Å². The highest BCUT2D eigenvalue weighted by Gasteiger charge is 2.30. The van der Waals surface area contributed by atoms with Crippen LogP contribution in [0, 0.1) is 0 Å². The van der Waals surface area contributed by atoms with Crippen LogP contribution in [0.15, 0.2) is 0 Å². The van der Waals surface area contributed by atoms with E-state index in [1.54, 1.807) is 0 Å². The first-order chi connectivity index (χ1) is 16.2. The van der Waals surface area contributed by atoms with Crippen LogP contribution in [0.25, 0.3) is 0 Å². The Balaban J connectivity index is -0.000000196. The minimum absolute atomic E-state index is 0.139. The maximum absolute atomic E-state index is 8.96. The molecule has 0 radical (unpaired) electrons. The third kappa shape index (κ3) is 23.5. The van der Waals surface area contributed by atoms with Gasteiger partial charge in [0.05, 0.1) is 52.4 Å². The highest BCUT2D eigenvalue weighted by atomic mass is 16.4. The predicted molar refractivity (Wildman–Crippen MR) is 115 cm³/mol. The van der Waals surface area contributed by atoms with E-state index in [-0.39, 0.29) is 19.8 Å². The maximum Gasteiger partial charge on any atom is 0.111 e. The van der Waals surface area contributed by atoms with Crippen LogP contribution in [0.5, 0.6) is 0 Å². The fraction of sp³-hybridized carbons (Fsp3) is 1.00. The van der Waals surface area contributed by atoms with Crippen LogP contribution < -0.4 is 0 Å². The number of aliphatic hydroxyl groups excluding tert-OH is 17. The second-order valence-corrected chi connectivity index (χ2v) is 7.01.